The third-order valence-corrected chi connectivity index (χ3v) is 7.00. The zero-order valence-electron chi connectivity index (χ0n) is 21.0. The SMILES string of the molecule is COc1ccc(N(CC(=O)N(Cc2ccc(Cl)cc2Cl)[C@H](C)C(=O)NC(C)C)S(C)(=O)=O)c(OC)c1. The van der Waals surface area contributed by atoms with Crippen LogP contribution in [0, 0.1) is 0 Å². The fourth-order valence-electron chi connectivity index (χ4n) is 3.41. The lowest BCUT2D eigenvalue weighted by Crippen LogP contribution is -2.52. The Labute approximate surface area is 222 Å². The molecule has 2 aromatic rings. The van der Waals surface area contributed by atoms with Gasteiger partial charge in [0.05, 0.1) is 26.2 Å². The number of ether oxygens (including phenoxy) is 2. The fraction of sp³-hybridized carbons (Fsp3) is 0.417. The Kier molecular flexibility index (Phi) is 10.3. The van der Waals surface area contributed by atoms with E-state index < -0.39 is 34.4 Å². The van der Waals surface area contributed by atoms with Crippen LogP contribution in [-0.2, 0) is 26.2 Å². The molecular weight excluding hydrogens is 529 g/mol. The predicted molar refractivity (Wildman–Crippen MR) is 141 cm³/mol. The normalized spacial score (nSPS) is 12.1. The zero-order chi connectivity index (χ0) is 27.2. The van der Waals surface area contributed by atoms with Crippen LogP contribution in [0.5, 0.6) is 11.5 Å². The Morgan fingerprint density at radius 1 is 1.03 bits per heavy atom. The topological polar surface area (TPSA) is 105 Å². The number of carbonyl (C=O) groups excluding carboxylic acids is 2. The van der Waals surface area contributed by atoms with E-state index >= 15 is 0 Å². The molecule has 0 saturated carbocycles. The molecule has 36 heavy (non-hydrogen) atoms. The van der Waals surface area contributed by atoms with Crippen molar-refractivity contribution in [1.82, 2.24) is 10.2 Å². The number of nitrogens with one attached hydrogen (secondary N) is 1. The molecule has 0 bridgehead atoms. The molecule has 198 valence electrons. The number of methoxy groups -OCH3 is 2. The van der Waals surface area contributed by atoms with Gasteiger partial charge in [-0.25, -0.2) is 8.42 Å². The van der Waals surface area contributed by atoms with E-state index in [-0.39, 0.29) is 24.0 Å². The number of sulfonamides is 1. The highest BCUT2D eigenvalue weighted by Crippen LogP contribution is 2.34. The van der Waals surface area contributed by atoms with Gasteiger partial charge in [-0.1, -0.05) is 29.3 Å². The predicted octanol–water partition coefficient (Wildman–Crippen LogP) is 3.72. The molecule has 2 rings (SSSR count). The summed E-state index contributed by atoms with van der Waals surface area (Å²) >= 11 is 12.3. The van der Waals surface area contributed by atoms with E-state index in [0.717, 1.165) is 10.6 Å². The van der Waals surface area contributed by atoms with Crippen LogP contribution in [-0.4, -0.2) is 64.2 Å². The Morgan fingerprint density at radius 3 is 2.22 bits per heavy atom. The van der Waals surface area contributed by atoms with Crippen molar-refractivity contribution in [3.05, 3.63) is 52.0 Å². The van der Waals surface area contributed by atoms with Gasteiger partial charge in [0.25, 0.3) is 0 Å². The maximum absolute atomic E-state index is 13.6. The largest absolute Gasteiger partial charge is 0.497 e. The number of anilines is 1. The van der Waals surface area contributed by atoms with Crippen molar-refractivity contribution in [1.29, 1.82) is 0 Å². The van der Waals surface area contributed by atoms with Crippen molar-refractivity contribution in [3.8, 4) is 11.5 Å². The molecule has 0 fully saturated rings. The maximum Gasteiger partial charge on any atom is 0.244 e. The molecule has 0 aliphatic heterocycles. The van der Waals surface area contributed by atoms with Gasteiger partial charge in [0, 0.05) is 28.7 Å². The molecule has 0 aromatic heterocycles. The Morgan fingerprint density at radius 2 is 1.69 bits per heavy atom. The van der Waals surface area contributed by atoms with Gasteiger partial charge in [-0.05, 0) is 50.6 Å². The number of amides is 2. The van der Waals surface area contributed by atoms with Crippen LogP contribution in [0.4, 0.5) is 5.69 Å². The molecule has 0 aliphatic carbocycles. The highest BCUT2D eigenvalue weighted by molar-refractivity contribution is 7.92. The van der Waals surface area contributed by atoms with Crippen molar-refractivity contribution in [3.63, 3.8) is 0 Å². The van der Waals surface area contributed by atoms with Gasteiger partial charge in [0.1, 0.15) is 24.1 Å². The van der Waals surface area contributed by atoms with Crippen LogP contribution in [0.3, 0.4) is 0 Å². The highest BCUT2D eigenvalue weighted by Gasteiger charge is 2.31. The van der Waals surface area contributed by atoms with Gasteiger partial charge >= 0.3 is 0 Å². The van der Waals surface area contributed by atoms with Crippen LogP contribution in [0.25, 0.3) is 0 Å². The number of rotatable bonds is 11. The van der Waals surface area contributed by atoms with Crippen molar-refractivity contribution >= 4 is 50.7 Å². The van der Waals surface area contributed by atoms with Crippen LogP contribution < -0.4 is 19.1 Å². The number of hydrogen-bond donors (Lipinski definition) is 1. The quantitative estimate of drug-likeness (QED) is 0.449. The number of nitrogens with zero attached hydrogens (tertiary/aromatic N) is 2. The first-order valence-electron chi connectivity index (χ1n) is 11.0. The summed E-state index contributed by atoms with van der Waals surface area (Å²) in [6, 6.07) is 8.28. The minimum Gasteiger partial charge on any atom is -0.497 e. The van der Waals surface area contributed by atoms with E-state index in [4.69, 9.17) is 32.7 Å². The number of hydrogen-bond acceptors (Lipinski definition) is 6. The van der Waals surface area contributed by atoms with Gasteiger partial charge < -0.3 is 19.7 Å². The lowest BCUT2D eigenvalue weighted by Gasteiger charge is -2.32. The molecule has 0 aliphatic rings. The summed E-state index contributed by atoms with van der Waals surface area (Å²) in [5.41, 5.74) is 0.699. The van der Waals surface area contributed by atoms with Crippen molar-refractivity contribution in [2.75, 3.05) is 31.3 Å². The lowest BCUT2D eigenvalue weighted by molar-refractivity contribution is -0.139. The number of benzene rings is 2. The summed E-state index contributed by atoms with van der Waals surface area (Å²) in [4.78, 5) is 27.7. The first-order chi connectivity index (χ1) is 16.8. The number of halogens is 2. The second kappa shape index (κ2) is 12.5. The van der Waals surface area contributed by atoms with Crippen molar-refractivity contribution < 1.29 is 27.5 Å². The second-order valence-corrected chi connectivity index (χ2v) is 11.2. The third kappa shape index (κ3) is 7.65. The molecule has 0 radical (unpaired) electrons. The Hall–Kier alpha value is -2.69. The number of carbonyl (C=O) groups is 2. The first kappa shape index (κ1) is 29.5. The van der Waals surface area contributed by atoms with Crippen LogP contribution in [0.1, 0.15) is 26.3 Å². The van der Waals surface area contributed by atoms with E-state index in [1.165, 1.54) is 37.3 Å². The van der Waals surface area contributed by atoms with E-state index in [0.29, 0.717) is 21.4 Å². The molecule has 0 saturated heterocycles. The summed E-state index contributed by atoms with van der Waals surface area (Å²) in [5, 5.41) is 3.51. The molecule has 2 amide bonds. The minimum atomic E-state index is -3.93. The van der Waals surface area contributed by atoms with E-state index in [2.05, 4.69) is 5.32 Å². The average Bonchev–Trinajstić information content (AvgIpc) is 2.80. The molecule has 1 atom stereocenters. The molecule has 2 aromatic carbocycles. The van der Waals surface area contributed by atoms with Gasteiger partial charge in [-0.2, -0.15) is 0 Å². The van der Waals surface area contributed by atoms with Gasteiger partial charge in [0.15, 0.2) is 0 Å². The smallest absolute Gasteiger partial charge is 0.244 e. The summed E-state index contributed by atoms with van der Waals surface area (Å²) in [6.07, 6.45) is 0.985. The second-order valence-electron chi connectivity index (χ2n) is 8.40. The van der Waals surface area contributed by atoms with Crippen molar-refractivity contribution in [2.45, 2.75) is 39.4 Å². The van der Waals surface area contributed by atoms with E-state index in [1.54, 1.807) is 39.0 Å². The van der Waals surface area contributed by atoms with Crippen LogP contribution in [0.2, 0.25) is 10.0 Å². The fourth-order valence-corrected chi connectivity index (χ4v) is 4.73. The molecule has 1 N–H and O–H groups in total. The van der Waals surface area contributed by atoms with Crippen LogP contribution >= 0.6 is 23.2 Å². The molecule has 12 heteroatoms. The molecular formula is C24H31Cl2N3O6S. The third-order valence-electron chi connectivity index (χ3n) is 5.29. The first-order valence-corrected chi connectivity index (χ1v) is 13.6. The van der Waals surface area contributed by atoms with Crippen LogP contribution in [0.15, 0.2) is 36.4 Å². The lowest BCUT2D eigenvalue weighted by atomic mass is 10.1. The highest BCUT2D eigenvalue weighted by atomic mass is 35.5. The Bertz CT molecular complexity index is 1210. The maximum atomic E-state index is 13.6. The van der Waals surface area contributed by atoms with E-state index in [1.807, 2.05) is 0 Å². The monoisotopic (exact) mass is 559 g/mol. The summed E-state index contributed by atoms with van der Waals surface area (Å²) in [5.74, 6) is -0.356. The summed E-state index contributed by atoms with van der Waals surface area (Å²) < 4.78 is 37.0. The van der Waals surface area contributed by atoms with Gasteiger partial charge in [0.2, 0.25) is 21.8 Å². The molecule has 0 spiro atoms. The average molecular weight is 561 g/mol. The Balaban J connectivity index is 2.50. The standard InChI is InChI=1S/C24H31Cl2N3O6S/c1-15(2)27-24(31)16(3)28(13-17-7-8-18(25)11-20(17)26)23(30)14-29(36(6,32)33)21-10-9-19(34-4)12-22(21)35-5/h7-12,15-16H,13-14H2,1-6H3,(H,27,31)/t16-/m1/s1. The molecule has 9 nitrogen and oxygen atoms in total. The molecule has 0 heterocycles. The van der Waals surface area contributed by atoms with Gasteiger partial charge in [-0.3, -0.25) is 13.9 Å². The minimum absolute atomic E-state index is 0.0428. The summed E-state index contributed by atoms with van der Waals surface area (Å²) in [6.45, 7) is 4.55. The molecule has 0 unspecified atom stereocenters. The van der Waals surface area contributed by atoms with E-state index in [9.17, 15) is 18.0 Å². The summed E-state index contributed by atoms with van der Waals surface area (Å²) in [7, 11) is -1.08. The van der Waals surface area contributed by atoms with Crippen molar-refractivity contribution in [2.24, 2.45) is 0 Å². The zero-order valence-corrected chi connectivity index (χ0v) is 23.4. The van der Waals surface area contributed by atoms with Gasteiger partial charge in [-0.15, -0.1) is 0 Å².